The van der Waals surface area contributed by atoms with Crippen LogP contribution in [-0.2, 0) is 4.79 Å². The van der Waals surface area contributed by atoms with E-state index in [1.165, 1.54) is 0 Å². The number of hydrogen-bond donors (Lipinski definition) is 1. The molecule has 2 aromatic rings. The van der Waals surface area contributed by atoms with Crippen LogP contribution in [0.25, 0.3) is 10.9 Å². The van der Waals surface area contributed by atoms with Crippen molar-refractivity contribution in [3.8, 4) is 0 Å². The highest BCUT2D eigenvalue weighted by Crippen LogP contribution is 2.30. The summed E-state index contributed by atoms with van der Waals surface area (Å²) in [5.41, 5.74) is 2.09. The van der Waals surface area contributed by atoms with Crippen LogP contribution in [0, 0.1) is 0 Å². The fraction of sp³-hybridized carbons (Fsp3) is 0.412. The Hall–Kier alpha value is -1.85. The van der Waals surface area contributed by atoms with Gasteiger partial charge in [0.25, 0.3) is 0 Å². The van der Waals surface area contributed by atoms with Crippen LogP contribution in [0.4, 0.5) is 5.69 Å². The number of benzene rings is 1. The highest BCUT2D eigenvalue weighted by molar-refractivity contribution is 6.31. The zero-order chi connectivity index (χ0) is 16.4. The predicted octanol–water partition coefficient (Wildman–Crippen LogP) is 2.87. The minimum Gasteiger partial charge on any atom is -0.480 e. The van der Waals surface area contributed by atoms with E-state index in [2.05, 4.69) is 9.88 Å². The number of carboxylic acid groups (broad SMARTS) is 1. The summed E-state index contributed by atoms with van der Waals surface area (Å²) in [6.45, 7) is 1.90. The zero-order valence-electron chi connectivity index (χ0n) is 13.1. The summed E-state index contributed by atoms with van der Waals surface area (Å²) in [6.07, 6.45) is 3.73. The Morgan fingerprint density at radius 2 is 2.13 bits per heavy atom. The number of carbonyl (C=O) groups is 1. The van der Waals surface area contributed by atoms with Gasteiger partial charge in [0.15, 0.2) is 0 Å². The van der Waals surface area contributed by atoms with Crippen molar-refractivity contribution in [1.82, 2.24) is 9.88 Å². The highest BCUT2D eigenvalue weighted by atomic mass is 35.5. The fourth-order valence-electron chi connectivity index (χ4n) is 3.27. The van der Waals surface area contributed by atoms with Crippen LogP contribution in [0.3, 0.4) is 0 Å². The molecule has 1 aliphatic heterocycles. The lowest BCUT2D eigenvalue weighted by Crippen LogP contribution is -2.45. The number of carboxylic acids is 1. The number of piperidine rings is 1. The molecule has 0 bridgehead atoms. The lowest BCUT2D eigenvalue weighted by atomic mass is 10.0. The van der Waals surface area contributed by atoms with Crippen molar-refractivity contribution in [1.29, 1.82) is 0 Å². The van der Waals surface area contributed by atoms with Crippen molar-refractivity contribution in [3.05, 3.63) is 35.5 Å². The average Bonchev–Trinajstić information content (AvgIpc) is 2.54. The maximum atomic E-state index is 10.8. The SMILES string of the molecule is CN(CC(=O)O)C1CCN(c2ccnc3ccc(Cl)cc23)CC1. The van der Waals surface area contributed by atoms with Gasteiger partial charge in [-0.2, -0.15) is 0 Å². The predicted molar refractivity (Wildman–Crippen MR) is 92.3 cm³/mol. The van der Waals surface area contributed by atoms with Crippen molar-refractivity contribution < 1.29 is 9.90 Å². The molecule has 6 heteroatoms. The highest BCUT2D eigenvalue weighted by Gasteiger charge is 2.24. The molecule has 0 aliphatic carbocycles. The number of hydrogen-bond acceptors (Lipinski definition) is 4. The largest absolute Gasteiger partial charge is 0.480 e. The molecular formula is C17H20ClN3O2. The number of likely N-dealkylation sites (N-methyl/N-ethyl adjacent to an activating group) is 1. The quantitative estimate of drug-likeness (QED) is 0.932. The molecule has 1 aromatic heterocycles. The van der Waals surface area contributed by atoms with Crippen LogP contribution in [0.5, 0.6) is 0 Å². The average molecular weight is 334 g/mol. The Bertz CT molecular complexity index is 714. The smallest absolute Gasteiger partial charge is 0.317 e. The van der Waals surface area contributed by atoms with Crippen LogP contribution >= 0.6 is 11.6 Å². The van der Waals surface area contributed by atoms with Gasteiger partial charge >= 0.3 is 5.97 Å². The third-order valence-electron chi connectivity index (χ3n) is 4.49. The monoisotopic (exact) mass is 333 g/mol. The first-order valence-corrected chi connectivity index (χ1v) is 8.13. The van der Waals surface area contributed by atoms with Gasteiger partial charge in [0, 0.05) is 41.4 Å². The fourth-order valence-corrected chi connectivity index (χ4v) is 3.44. The molecule has 1 aromatic carbocycles. The number of pyridine rings is 1. The summed E-state index contributed by atoms with van der Waals surface area (Å²) < 4.78 is 0. The van der Waals surface area contributed by atoms with Gasteiger partial charge in [-0.3, -0.25) is 14.7 Å². The Morgan fingerprint density at radius 3 is 2.83 bits per heavy atom. The van der Waals surface area contributed by atoms with E-state index in [0.29, 0.717) is 11.1 Å². The Labute approximate surface area is 140 Å². The summed E-state index contributed by atoms with van der Waals surface area (Å²) in [5, 5.41) is 10.7. The van der Waals surface area contributed by atoms with Crippen LogP contribution in [-0.4, -0.2) is 53.7 Å². The molecule has 0 amide bonds. The van der Waals surface area contributed by atoms with E-state index in [1.807, 2.05) is 42.4 Å². The van der Waals surface area contributed by atoms with Gasteiger partial charge in [-0.05, 0) is 44.2 Å². The molecule has 122 valence electrons. The van der Waals surface area contributed by atoms with Crippen LogP contribution in [0.2, 0.25) is 5.02 Å². The van der Waals surface area contributed by atoms with Crippen LogP contribution < -0.4 is 4.90 Å². The summed E-state index contributed by atoms with van der Waals surface area (Å²) in [7, 11) is 1.88. The van der Waals surface area contributed by atoms with E-state index in [9.17, 15) is 4.79 Å². The number of rotatable bonds is 4. The minimum absolute atomic E-state index is 0.0957. The van der Waals surface area contributed by atoms with Gasteiger partial charge in [0.2, 0.25) is 0 Å². The number of aromatic nitrogens is 1. The number of anilines is 1. The van der Waals surface area contributed by atoms with E-state index in [1.54, 1.807) is 0 Å². The summed E-state index contributed by atoms with van der Waals surface area (Å²) in [4.78, 5) is 19.5. The molecule has 0 saturated carbocycles. The first-order valence-electron chi connectivity index (χ1n) is 7.76. The second kappa shape index (κ2) is 6.72. The molecule has 2 heterocycles. The van der Waals surface area contributed by atoms with E-state index < -0.39 is 5.97 Å². The van der Waals surface area contributed by atoms with Crippen molar-refractivity contribution in [2.45, 2.75) is 18.9 Å². The summed E-state index contributed by atoms with van der Waals surface area (Å²) >= 11 is 6.13. The molecular weight excluding hydrogens is 314 g/mol. The number of halogens is 1. The number of fused-ring (bicyclic) bond motifs is 1. The van der Waals surface area contributed by atoms with E-state index in [0.717, 1.165) is 42.5 Å². The minimum atomic E-state index is -0.773. The lowest BCUT2D eigenvalue weighted by molar-refractivity contribution is -0.138. The molecule has 1 aliphatic rings. The van der Waals surface area contributed by atoms with Gasteiger partial charge in [0.1, 0.15) is 0 Å². The lowest BCUT2D eigenvalue weighted by Gasteiger charge is -2.37. The Morgan fingerprint density at radius 1 is 1.39 bits per heavy atom. The summed E-state index contributed by atoms with van der Waals surface area (Å²) in [6, 6.07) is 8.10. The molecule has 1 fully saturated rings. The molecule has 3 rings (SSSR count). The van der Waals surface area contributed by atoms with Gasteiger partial charge in [-0.25, -0.2) is 0 Å². The van der Waals surface area contributed by atoms with Gasteiger partial charge in [-0.1, -0.05) is 11.6 Å². The van der Waals surface area contributed by atoms with Crippen molar-refractivity contribution in [2.24, 2.45) is 0 Å². The first kappa shape index (κ1) is 16.0. The molecule has 0 atom stereocenters. The molecule has 1 N–H and O–H groups in total. The van der Waals surface area contributed by atoms with Crippen molar-refractivity contribution in [2.75, 3.05) is 31.6 Å². The van der Waals surface area contributed by atoms with Crippen LogP contribution in [0.1, 0.15) is 12.8 Å². The van der Waals surface area contributed by atoms with Gasteiger partial charge < -0.3 is 10.0 Å². The Kier molecular flexibility index (Phi) is 4.68. The normalized spacial score (nSPS) is 16.2. The van der Waals surface area contributed by atoms with Gasteiger partial charge in [0.05, 0.1) is 12.1 Å². The Balaban J connectivity index is 1.75. The standard InChI is InChI=1S/C17H20ClN3O2/c1-20(11-17(22)23)13-5-8-21(9-6-13)16-4-7-19-15-3-2-12(18)10-14(15)16/h2-4,7,10,13H,5-6,8-9,11H2,1H3,(H,22,23). The van der Waals surface area contributed by atoms with Gasteiger partial charge in [-0.15, -0.1) is 0 Å². The third-order valence-corrected chi connectivity index (χ3v) is 4.73. The topological polar surface area (TPSA) is 56.7 Å². The van der Waals surface area contributed by atoms with E-state index >= 15 is 0 Å². The maximum Gasteiger partial charge on any atom is 0.317 e. The molecule has 0 spiro atoms. The molecule has 0 radical (unpaired) electrons. The van der Waals surface area contributed by atoms with Crippen LogP contribution in [0.15, 0.2) is 30.5 Å². The maximum absolute atomic E-state index is 10.8. The number of nitrogens with zero attached hydrogens (tertiary/aromatic N) is 3. The molecule has 5 nitrogen and oxygen atoms in total. The van der Waals surface area contributed by atoms with E-state index in [-0.39, 0.29) is 6.54 Å². The van der Waals surface area contributed by atoms with Crippen molar-refractivity contribution >= 4 is 34.2 Å². The third kappa shape index (κ3) is 3.57. The summed E-state index contributed by atoms with van der Waals surface area (Å²) in [5.74, 6) is -0.773. The number of aliphatic carboxylic acids is 1. The van der Waals surface area contributed by atoms with Crippen molar-refractivity contribution in [3.63, 3.8) is 0 Å². The molecule has 0 unspecified atom stereocenters. The second-order valence-corrected chi connectivity index (χ2v) is 6.46. The molecule has 23 heavy (non-hydrogen) atoms. The first-order chi connectivity index (χ1) is 11.0. The van der Waals surface area contributed by atoms with E-state index in [4.69, 9.17) is 16.7 Å². The zero-order valence-corrected chi connectivity index (χ0v) is 13.8. The molecule has 1 saturated heterocycles. The second-order valence-electron chi connectivity index (χ2n) is 6.02.